The second kappa shape index (κ2) is 11.3. The van der Waals surface area contributed by atoms with E-state index in [9.17, 15) is 0 Å². The highest BCUT2D eigenvalue weighted by atomic mass is 32.1. The predicted octanol–water partition coefficient (Wildman–Crippen LogP) is 14.2. The quantitative estimate of drug-likeness (QED) is 0.183. The Morgan fingerprint density at radius 2 is 0.944 bits per heavy atom. The van der Waals surface area contributed by atoms with Crippen molar-refractivity contribution in [2.45, 2.75) is 0 Å². The Balaban J connectivity index is 1.09. The fourth-order valence-corrected chi connectivity index (χ4v) is 9.46. The minimum Gasteiger partial charge on any atom is -0.456 e. The van der Waals surface area contributed by atoms with Gasteiger partial charge in [-0.05, 0) is 83.9 Å². The van der Waals surface area contributed by atoms with Crippen molar-refractivity contribution in [2.75, 3.05) is 0 Å². The molecule has 0 spiro atoms. The van der Waals surface area contributed by atoms with Crippen molar-refractivity contribution in [1.82, 2.24) is 9.55 Å². The Kier molecular flexibility index (Phi) is 6.18. The van der Waals surface area contributed by atoms with E-state index in [-0.39, 0.29) is 0 Å². The lowest BCUT2D eigenvalue weighted by Crippen LogP contribution is -1.92. The van der Waals surface area contributed by atoms with Crippen molar-refractivity contribution in [3.8, 4) is 38.5 Å². The molecule has 0 fully saturated rings. The summed E-state index contributed by atoms with van der Waals surface area (Å²) < 4.78 is 15.9. The van der Waals surface area contributed by atoms with E-state index < -0.39 is 0 Å². The molecule has 0 radical (unpaired) electrons. The monoisotopic (exact) mass is 708 g/mol. The molecule has 0 saturated heterocycles. The van der Waals surface area contributed by atoms with Gasteiger partial charge in [0.1, 0.15) is 27.3 Å². The number of aromatic nitrogens is 2. The lowest BCUT2D eigenvalue weighted by molar-refractivity contribution is 0.668. The summed E-state index contributed by atoms with van der Waals surface area (Å²) in [6, 6.07) is 60.1. The van der Waals surface area contributed by atoms with Crippen LogP contribution in [0.5, 0.6) is 0 Å². The van der Waals surface area contributed by atoms with E-state index in [1.807, 2.05) is 24.3 Å². The van der Waals surface area contributed by atoms with E-state index in [1.54, 1.807) is 11.3 Å². The van der Waals surface area contributed by atoms with Crippen molar-refractivity contribution in [1.29, 1.82) is 0 Å². The summed E-state index contributed by atoms with van der Waals surface area (Å²) in [5, 5.41) is 7.88. The highest BCUT2D eigenvalue weighted by molar-refractivity contribution is 7.22. The third kappa shape index (κ3) is 4.33. The van der Waals surface area contributed by atoms with Gasteiger partial charge in [-0.15, -0.1) is 11.3 Å². The number of nitrogens with zero attached hydrogens (tertiary/aromatic N) is 2. The van der Waals surface area contributed by atoms with Gasteiger partial charge in [-0.2, -0.15) is 0 Å². The normalized spacial score (nSPS) is 12.1. The predicted molar refractivity (Wildman–Crippen MR) is 225 cm³/mol. The Hall–Kier alpha value is -6.95. The van der Waals surface area contributed by atoms with Gasteiger partial charge in [-0.1, -0.05) is 97.1 Å². The second-order valence-corrected chi connectivity index (χ2v) is 14.9. The number of benzene rings is 8. The van der Waals surface area contributed by atoms with Crippen LogP contribution in [-0.2, 0) is 0 Å². The lowest BCUT2D eigenvalue weighted by Gasteiger charge is -2.08. The zero-order chi connectivity index (χ0) is 35.3. The molecule has 0 atom stereocenters. The number of hydrogen-bond donors (Lipinski definition) is 0. The zero-order valence-electron chi connectivity index (χ0n) is 28.8. The van der Waals surface area contributed by atoms with Crippen LogP contribution in [0.15, 0.2) is 179 Å². The molecule has 0 bridgehead atoms. The number of thiazole rings is 1. The van der Waals surface area contributed by atoms with Crippen molar-refractivity contribution in [3.05, 3.63) is 170 Å². The average Bonchev–Trinajstić information content (AvgIpc) is 4.01. The average molecular weight is 709 g/mol. The Morgan fingerprint density at radius 3 is 1.67 bits per heavy atom. The molecule has 252 valence electrons. The molecule has 5 heteroatoms. The first-order valence-corrected chi connectivity index (χ1v) is 18.9. The number of fused-ring (bicyclic) bond motifs is 10. The fraction of sp³-hybridized carbons (Fsp3) is 0. The maximum absolute atomic E-state index is 6.21. The molecular weight excluding hydrogens is 681 g/mol. The van der Waals surface area contributed by atoms with Gasteiger partial charge in [0, 0.05) is 54.7 Å². The summed E-state index contributed by atoms with van der Waals surface area (Å²) in [6.45, 7) is 0. The van der Waals surface area contributed by atoms with Gasteiger partial charge in [0.2, 0.25) is 0 Å². The van der Waals surface area contributed by atoms with Gasteiger partial charge in [-0.25, -0.2) is 4.98 Å². The van der Waals surface area contributed by atoms with Crippen molar-refractivity contribution < 1.29 is 8.83 Å². The lowest BCUT2D eigenvalue weighted by atomic mass is 9.97. The molecule has 54 heavy (non-hydrogen) atoms. The molecule has 12 aromatic rings. The third-order valence-electron chi connectivity index (χ3n) is 10.9. The number of para-hydroxylation sites is 4. The van der Waals surface area contributed by atoms with Crippen LogP contribution in [-0.4, -0.2) is 9.55 Å². The van der Waals surface area contributed by atoms with E-state index >= 15 is 0 Å². The second-order valence-electron chi connectivity index (χ2n) is 13.9. The minimum atomic E-state index is 0.885. The smallest absolute Gasteiger partial charge is 0.135 e. The summed E-state index contributed by atoms with van der Waals surface area (Å²) in [5.41, 5.74) is 13.7. The van der Waals surface area contributed by atoms with Gasteiger partial charge >= 0.3 is 0 Å². The van der Waals surface area contributed by atoms with Crippen LogP contribution in [0.25, 0.3) is 114 Å². The first-order valence-electron chi connectivity index (χ1n) is 18.1. The highest BCUT2D eigenvalue weighted by Gasteiger charge is 2.20. The van der Waals surface area contributed by atoms with Crippen molar-refractivity contribution in [2.24, 2.45) is 0 Å². The van der Waals surface area contributed by atoms with E-state index in [0.29, 0.717) is 0 Å². The summed E-state index contributed by atoms with van der Waals surface area (Å²) in [5.74, 6) is 0. The number of furan rings is 2. The molecule has 12 rings (SSSR count). The van der Waals surface area contributed by atoms with Crippen LogP contribution in [0.2, 0.25) is 0 Å². The first-order chi connectivity index (χ1) is 26.7. The standard InChI is InChI=1S/C49H28N2O2S/c1-2-10-32(11-3-1)51-41-15-7-4-12-35(41)38-28-31(18-23-42(38)51)49-50-47-33(29-19-24-45-39(26-29)36-13-5-8-16-43(36)52-45)21-22-34(48(47)54-49)30-20-25-46-40(27-30)37-14-6-9-17-44(37)53-46/h1-28H. The summed E-state index contributed by atoms with van der Waals surface area (Å²) in [4.78, 5) is 5.50. The minimum absolute atomic E-state index is 0.885. The molecule has 4 heterocycles. The Labute approximate surface area is 312 Å². The Bertz CT molecular complexity index is 3300. The largest absolute Gasteiger partial charge is 0.456 e. The summed E-state index contributed by atoms with van der Waals surface area (Å²) in [7, 11) is 0. The molecule has 0 N–H and O–H groups in total. The zero-order valence-corrected chi connectivity index (χ0v) is 29.6. The van der Waals surface area contributed by atoms with Crippen LogP contribution in [0.1, 0.15) is 0 Å². The third-order valence-corrected chi connectivity index (χ3v) is 12.0. The molecular formula is C49H28N2O2S. The maximum Gasteiger partial charge on any atom is 0.135 e. The van der Waals surface area contributed by atoms with Gasteiger partial charge in [0.15, 0.2) is 0 Å². The van der Waals surface area contributed by atoms with Crippen molar-refractivity contribution >= 4 is 87.2 Å². The SMILES string of the molecule is c1ccc(-n2c3ccccc3c3cc(-c4nc5c(-c6ccc7oc8ccccc8c7c6)ccc(-c6ccc7oc8ccccc8c7c6)c5s4)ccc32)cc1. The topological polar surface area (TPSA) is 44.1 Å². The van der Waals surface area contributed by atoms with E-state index in [1.165, 1.54) is 21.8 Å². The molecule has 0 saturated carbocycles. The summed E-state index contributed by atoms with van der Waals surface area (Å²) in [6.07, 6.45) is 0. The van der Waals surface area contributed by atoms with Gasteiger partial charge in [0.25, 0.3) is 0 Å². The summed E-state index contributed by atoms with van der Waals surface area (Å²) >= 11 is 1.76. The van der Waals surface area contributed by atoms with Gasteiger partial charge in [0.05, 0.1) is 21.3 Å². The molecule has 0 aliphatic rings. The number of hydrogen-bond acceptors (Lipinski definition) is 4. The maximum atomic E-state index is 6.21. The fourth-order valence-electron chi connectivity index (χ4n) is 8.34. The molecule has 4 nitrogen and oxygen atoms in total. The first kappa shape index (κ1) is 29.6. The molecule has 0 unspecified atom stereocenters. The van der Waals surface area contributed by atoms with Crippen LogP contribution < -0.4 is 0 Å². The van der Waals surface area contributed by atoms with Crippen molar-refractivity contribution in [3.63, 3.8) is 0 Å². The molecule has 0 amide bonds. The molecule has 0 aliphatic heterocycles. The van der Waals surface area contributed by atoms with E-state index in [4.69, 9.17) is 13.8 Å². The van der Waals surface area contributed by atoms with Gasteiger partial charge < -0.3 is 13.4 Å². The number of rotatable bonds is 4. The Morgan fingerprint density at radius 1 is 0.407 bits per heavy atom. The molecule has 0 aliphatic carbocycles. The van der Waals surface area contributed by atoms with E-state index in [0.717, 1.165) is 92.6 Å². The molecule has 8 aromatic carbocycles. The van der Waals surface area contributed by atoms with E-state index in [2.05, 4.69) is 150 Å². The van der Waals surface area contributed by atoms with Crippen LogP contribution >= 0.6 is 11.3 Å². The molecule has 4 aromatic heterocycles. The van der Waals surface area contributed by atoms with Crippen LogP contribution in [0, 0.1) is 0 Å². The van der Waals surface area contributed by atoms with Crippen LogP contribution in [0.3, 0.4) is 0 Å². The highest BCUT2D eigenvalue weighted by Crippen LogP contribution is 2.45. The van der Waals surface area contributed by atoms with Crippen LogP contribution in [0.4, 0.5) is 0 Å². The van der Waals surface area contributed by atoms with Gasteiger partial charge in [-0.3, -0.25) is 0 Å².